The molecule has 29 heavy (non-hydrogen) atoms. The molecular formula is C22H18N4O2S. The zero-order valence-corrected chi connectivity index (χ0v) is 16.5. The van der Waals surface area contributed by atoms with Crippen LogP contribution in [0.1, 0.15) is 5.56 Å². The van der Waals surface area contributed by atoms with Crippen LogP contribution >= 0.6 is 12.2 Å². The normalized spacial score (nSPS) is 10.9. The van der Waals surface area contributed by atoms with Crippen molar-refractivity contribution in [3.63, 3.8) is 0 Å². The maximum Gasteiger partial charge on any atom is 0.216 e. The fourth-order valence-electron chi connectivity index (χ4n) is 2.73. The largest absolute Gasteiger partial charge is 0.497 e. The standard InChI is InChI=1S/C22H18N4O2S/c1-27-18-12-10-17(11-13-18)21-24-25-22(29)26(21)23-15-16-6-5-9-20(14-16)28-19-7-3-2-4-8-19/h2-15H,1H3,(H,25,29)/b23-15+. The zero-order chi connectivity index (χ0) is 20.1. The van der Waals surface area contributed by atoms with Crippen LogP contribution in [0, 0.1) is 4.77 Å². The summed E-state index contributed by atoms with van der Waals surface area (Å²) in [5, 5.41) is 11.6. The van der Waals surface area contributed by atoms with Crippen LogP contribution in [0.4, 0.5) is 0 Å². The summed E-state index contributed by atoms with van der Waals surface area (Å²) >= 11 is 5.33. The highest BCUT2D eigenvalue weighted by Gasteiger charge is 2.08. The number of benzene rings is 3. The minimum absolute atomic E-state index is 0.406. The van der Waals surface area contributed by atoms with E-state index in [4.69, 9.17) is 21.7 Å². The number of hydrogen-bond donors (Lipinski definition) is 1. The van der Waals surface area contributed by atoms with E-state index >= 15 is 0 Å². The monoisotopic (exact) mass is 402 g/mol. The molecule has 0 fully saturated rings. The van der Waals surface area contributed by atoms with Crippen LogP contribution < -0.4 is 9.47 Å². The fraction of sp³-hybridized carbons (Fsp3) is 0.0455. The number of aromatic nitrogens is 3. The molecule has 1 N–H and O–H groups in total. The average Bonchev–Trinajstić information content (AvgIpc) is 3.13. The van der Waals surface area contributed by atoms with Crippen molar-refractivity contribution in [3.05, 3.63) is 89.2 Å². The van der Waals surface area contributed by atoms with Crippen molar-refractivity contribution in [1.29, 1.82) is 0 Å². The Labute approximate surface area is 173 Å². The van der Waals surface area contributed by atoms with Crippen LogP contribution in [0.2, 0.25) is 0 Å². The molecule has 0 radical (unpaired) electrons. The van der Waals surface area contributed by atoms with Gasteiger partial charge in [0.05, 0.1) is 13.3 Å². The highest BCUT2D eigenvalue weighted by atomic mass is 32.1. The number of H-pyrrole nitrogens is 1. The highest BCUT2D eigenvalue weighted by Crippen LogP contribution is 2.22. The van der Waals surface area contributed by atoms with E-state index in [1.807, 2.05) is 78.9 Å². The third kappa shape index (κ3) is 4.41. The van der Waals surface area contributed by atoms with Crippen LogP contribution in [0.15, 0.2) is 84.0 Å². The highest BCUT2D eigenvalue weighted by molar-refractivity contribution is 7.71. The molecule has 3 aromatic carbocycles. The van der Waals surface area contributed by atoms with Gasteiger partial charge in [-0.1, -0.05) is 30.3 Å². The fourth-order valence-corrected chi connectivity index (χ4v) is 2.91. The van der Waals surface area contributed by atoms with Crippen LogP contribution in [-0.4, -0.2) is 28.2 Å². The van der Waals surface area contributed by atoms with E-state index in [0.29, 0.717) is 10.6 Å². The molecule has 7 heteroatoms. The van der Waals surface area contributed by atoms with Gasteiger partial charge in [0, 0.05) is 5.56 Å². The van der Waals surface area contributed by atoms with Gasteiger partial charge in [-0.3, -0.25) is 0 Å². The number of methoxy groups -OCH3 is 1. The average molecular weight is 402 g/mol. The molecule has 0 saturated carbocycles. The minimum atomic E-state index is 0.406. The van der Waals surface area contributed by atoms with Gasteiger partial charge in [0.25, 0.3) is 0 Å². The SMILES string of the molecule is COc1ccc(-c2n[nH]c(=S)n2/N=C/c2cccc(Oc3ccccc3)c2)cc1. The zero-order valence-electron chi connectivity index (χ0n) is 15.6. The summed E-state index contributed by atoms with van der Waals surface area (Å²) in [4.78, 5) is 0. The van der Waals surface area contributed by atoms with Gasteiger partial charge in [-0.25, -0.2) is 5.10 Å². The van der Waals surface area contributed by atoms with E-state index in [1.54, 1.807) is 18.0 Å². The predicted molar refractivity (Wildman–Crippen MR) is 115 cm³/mol. The van der Waals surface area contributed by atoms with Gasteiger partial charge in [-0.15, -0.1) is 0 Å². The first-order valence-corrected chi connectivity index (χ1v) is 9.33. The molecule has 1 heterocycles. The molecule has 0 aliphatic carbocycles. The van der Waals surface area contributed by atoms with Crippen molar-refractivity contribution in [2.45, 2.75) is 0 Å². The summed E-state index contributed by atoms with van der Waals surface area (Å²) in [5.74, 6) is 2.89. The smallest absolute Gasteiger partial charge is 0.216 e. The van der Waals surface area contributed by atoms with E-state index in [1.165, 1.54) is 0 Å². The Hall–Kier alpha value is -3.71. The number of hydrogen-bond acceptors (Lipinski definition) is 5. The molecule has 1 aromatic heterocycles. The molecule has 0 atom stereocenters. The summed E-state index contributed by atoms with van der Waals surface area (Å²) in [6.45, 7) is 0. The molecular weight excluding hydrogens is 384 g/mol. The molecule has 0 amide bonds. The van der Waals surface area contributed by atoms with Crippen molar-refractivity contribution in [3.8, 4) is 28.6 Å². The number of para-hydroxylation sites is 1. The van der Waals surface area contributed by atoms with E-state index in [2.05, 4.69) is 15.3 Å². The van der Waals surface area contributed by atoms with E-state index in [-0.39, 0.29) is 0 Å². The summed E-state index contributed by atoms with van der Waals surface area (Å²) < 4.78 is 13.1. The molecule has 0 spiro atoms. The third-order valence-corrected chi connectivity index (χ3v) is 4.42. The summed E-state index contributed by atoms with van der Waals surface area (Å²) in [5.41, 5.74) is 1.75. The molecule has 0 aliphatic rings. The Morgan fingerprint density at radius 2 is 1.69 bits per heavy atom. The Bertz CT molecular complexity index is 1180. The van der Waals surface area contributed by atoms with Gasteiger partial charge in [-0.05, 0) is 66.3 Å². The summed E-state index contributed by atoms with van der Waals surface area (Å²) in [6.07, 6.45) is 1.72. The second-order valence-electron chi connectivity index (χ2n) is 6.12. The van der Waals surface area contributed by atoms with Crippen LogP contribution in [0.25, 0.3) is 11.4 Å². The molecule has 144 valence electrons. The van der Waals surface area contributed by atoms with Gasteiger partial charge in [0.1, 0.15) is 17.2 Å². The van der Waals surface area contributed by atoms with Crippen LogP contribution in [-0.2, 0) is 0 Å². The predicted octanol–water partition coefficient (Wildman–Crippen LogP) is 5.29. The van der Waals surface area contributed by atoms with E-state index in [0.717, 1.165) is 28.4 Å². The molecule has 0 saturated heterocycles. The Kier molecular flexibility index (Phi) is 5.49. The minimum Gasteiger partial charge on any atom is -0.497 e. The first-order valence-electron chi connectivity index (χ1n) is 8.92. The van der Waals surface area contributed by atoms with Crippen molar-refractivity contribution in [1.82, 2.24) is 14.9 Å². The van der Waals surface area contributed by atoms with Crippen molar-refractivity contribution >= 4 is 18.4 Å². The van der Waals surface area contributed by atoms with Crippen molar-refractivity contribution < 1.29 is 9.47 Å². The number of nitrogens with zero attached hydrogens (tertiary/aromatic N) is 3. The Balaban J connectivity index is 1.59. The second-order valence-corrected chi connectivity index (χ2v) is 6.51. The van der Waals surface area contributed by atoms with Crippen LogP contribution in [0.3, 0.4) is 0 Å². The Morgan fingerprint density at radius 1 is 0.931 bits per heavy atom. The molecule has 4 aromatic rings. The molecule has 6 nitrogen and oxygen atoms in total. The lowest BCUT2D eigenvalue weighted by molar-refractivity contribution is 0.415. The maximum absolute atomic E-state index is 5.88. The number of aromatic amines is 1. The quantitative estimate of drug-likeness (QED) is 0.351. The maximum atomic E-state index is 5.88. The number of ether oxygens (including phenoxy) is 2. The lowest BCUT2D eigenvalue weighted by Crippen LogP contribution is -1.95. The topological polar surface area (TPSA) is 64.4 Å². The van der Waals surface area contributed by atoms with Gasteiger partial charge in [0.2, 0.25) is 4.77 Å². The molecule has 0 aliphatic heterocycles. The van der Waals surface area contributed by atoms with Gasteiger partial charge in [0.15, 0.2) is 5.82 Å². The van der Waals surface area contributed by atoms with E-state index < -0.39 is 0 Å². The first-order chi connectivity index (χ1) is 14.2. The van der Waals surface area contributed by atoms with Crippen LogP contribution in [0.5, 0.6) is 17.2 Å². The number of rotatable bonds is 6. The van der Waals surface area contributed by atoms with Crippen molar-refractivity contribution in [2.24, 2.45) is 5.10 Å². The summed E-state index contributed by atoms with van der Waals surface area (Å²) in [7, 11) is 1.63. The lowest BCUT2D eigenvalue weighted by Gasteiger charge is -2.06. The van der Waals surface area contributed by atoms with Gasteiger partial charge < -0.3 is 9.47 Å². The first kappa shape index (κ1) is 18.6. The van der Waals surface area contributed by atoms with Gasteiger partial charge in [-0.2, -0.15) is 14.9 Å². The van der Waals surface area contributed by atoms with Gasteiger partial charge >= 0.3 is 0 Å². The molecule has 4 rings (SSSR count). The summed E-state index contributed by atoms with van der Waals surface area (Å²) in [6, 6.07) is 24.8. The second kappa shape index (κ2) is 8.53. The van der Waals surface area contributed by atoms with Crippen molar-refractivity contribution in [2.75, 3.05) is 7.11 Å². The third-order valence-electron chi connectivity index (χ3n) is 4.16. The molecule has 0 unspecified atom stereocenters. The lowest BCUT2D eigenvalue weighted by atomic mass is 10.2. The Morgan fingerprint density at radius 3 is 2.45 bits per heavy atom. The molecule has 0 bridgehead atoms. The van der Waals surface area contributed by atoms with E-state index in [9.17, 15) is 0 Å². The number of nitrogens with one attached hydrogen (secondary N) is 1.